The van der Waals surface area contributed by atoms with E-state index in [1.807, 2.05) is 0 Å². The largest absolute Gasteiger partial charge is 0.154 e. The second-order valence-electron chi connectivity index (χ2n) is 3.45. The van der Waals surface area contributed by atoms with Crippen molar-refractivity contribution >= 4 is 24.4 Å². The van der Waals surface area contributed by atoms with Gasteiger partial charge in [0.15, 0.2) is 8.80 Å². The minimum atomic E-state index is -3.12. The molecule has 1 heteroatoms. The highest BCUT2D eigenvalue weighted by Gasteiger charge is 2.18. The molecule has 0 atom stereocenters. The first-order chi connectivity index (χ1) is 15.2. The van der Waals surface area contributed by atoms with E-state index in [0.717, 1.165) is 6.07 Å². The van der Waals surface area contributed by atoms with E-state index in [-0.39, 0.29) is 15.6 Å². The molecule has 0 fully saturated rings. The Kier molecular flexibility index (Phi) is 1.18. The molecule has 3 aromatic carbocycles. The Hall–Kier alpha value is -2.12. The topological polar surface area (TPSA) is 0 Å². The molecule has 19 heavy (non-hydrogen) atoms. The second kappa shape index (κ2) is 5.68. The number of hydrogen-bond acceptors (Lipinski definition) is 0. The zero-order chi connectivity index (χ0) is 25.1. The average Bonchev–Trinajstić information content (AvgIpc) is 2.79. The Balaban J connectivity index is 2.62. The predicted octanol–water partition coefficient (Wildman–Crippen LogP) is 2.20. The van der Waals surface area contributed by atoms with E-state index < -0.39 is 93.4 Å². The molecule has 0 saturated carbocycles. The first-order valence-electron chi connectivity index (χ1n) is 12.3. The summed E-state index contributed by atoms with van der Waals surface area (Å²) in [6.45, 7) is 0. The highest BCUT2D eigenvalue weighted by atomic mass is 28.3. The van der Waals surface area contributed by atoms with E-state index in [1.165, 1.54) is 0 Å². The van der Waals surface area contributed by atoms with Gasteiger partial charge in [-0.25, -0.2) is 0 Å². The van der Waals surface area contributed by atoms with Gasteiger partial charge in [-0.15, -0.1) is 0 Å². The van der Waals surface area contributed by atoms with Gasteiger partial charge in [0.1, 0.15) is 0 Å². The lowest BCUT2D eigenvalue weighted by atomic mass is 10.3. The van der Waals surface area contributed by atoms with Crippen LogP contribution in [0.25, 0.3) is 0 Å². The molecule has 3 aromatic rings. The summed E-state index contributed by atoms with van der Waals surface area (Å²) < 4.78 is 113. The minimum Gasteiger partial charge on any atom is -0.0624 e. The van der Waals surface area contributed by atoms with E-state index in [9.17, 15) is 0 Å². The van der Waals surface area contributed by atoms with Crippen molar-refractivity contribution in [1.29, 1.82) is 0 Å². The molecular weight excluding hydrogens is 244 g/mol. The van der Waals surface area contributed by atoms with Crippen LogP contribution in [-0.2, 0) is 0 Å². The van der Waals surface area contributed by atoms with Crippen LogP contribution in [0.2, 0.25) is 0 Å². The Bertz CT molecular complexity index is 1190. The Labute approximate surface area is 135 Å². The van der Waals surface area contributed by atoms with Crippen LogP contribution in [0.15, 0.2) is 90.7 Å². The van der Waals surface area contributed by atoms with Crippen LogP contribution in [0.3, 0.4) is 0 Å². The van der Waals surface area contributed by atoms with Gasteiger partial charge in [0.25, 0.3) is 0 Å². The maximum Gasteiger partial charge on any atom is 0.154 e. The molecule has 0 nitrogen and oxygen atoms in total. The van der Waals surface area contributed by atoms with Gasteiger partial charge in [0.05, 0.1) is 19.2 Å². The fourth-order valence-electron chi connectivity index (χ4n) is 1.56. The van der Waals surface area contributed by atoms with Gasteiger partial charge < -0.3 is 0 Å². The third-order valence-electron chi connectivity index (χ3n) is 2.32. The van der Waals surface area contributed by atoms with E-state index in [4.69, 9.17) is 19.2 Å². The third-order valence-corrected chi connectivity index (χ3v) is 4.63. The molecule has 0 spiro atoms. The van der Waals surface area contributed by atoms with E-state index >= 15 is 0 Å². The number of hydrogen-bond donors (Lipinski definition) is 0. The highest BCUT2D eigenvalue weighted by molar-refractivity contribution is 6.95. The van der Waals surface area contributed by atoms with Crippen LogP contribution in [0.1, 0.15) is 19.2 Å². The molecule has 91 valence electrons. The number of rotatable bonds is 3. The van der Waals surface area contributed by atoms with Crippen molar-refractivity contribution in [1.82, 2.24) is 0 Å². The smallest absolute Gasteiger partial charge is 0.0624 e. The molecule has 0 amide bonds. The first-order valence-corrected chi connectivity index (χ1v) is 6.83. The summed E-state index contributed by atoms with van der Waals surface area (Å²) in [6.07, 6.45) is 0. The van der Waals surface area contributed by atoms with E-state index in [0.29, 0.717) is 0 Å². The lowest BCUT2D eigenvalue weighted by molar-refractivity contribution is 1.71. The minimum absolute atomic E-state index is 0.192. The molecule has 0 aromatic heterocycles. The van der Waals surface area contributed by atoms with Crippen LogP contribution in [0, 0.1) is 0 Å². The predicted molar refractivity (Wildman–Crippen MR) is 84.0 cm³/mol. The van der Waals surface area contributed by atoms with Crippen LogP contribution in [-0.4, -0.2) is 8.80 Å². The molecule has 0 aliphatic rings. The second-order valence-corrected chi connectivity index (χ2v) is 5.74. The molecule has 0 N–H and O–H groups in total. The highest BCUT2D eigenvalue weighted by Crippen LogP contribution is 1.95. The Morgan fingerprint density at radius 3 is 1.47 bits per heavy atom. The normalized spacial score (nSPS) is 20.9. The Morgan fingerprint density at radius 1 is 0.526 bits per heavy atom. The lowest BCUT2D eigenvalue weighted by Crippen LogP contribution is -2.51. The van der Waals surface area contributed by atoms with Gasteiger partial charge in [-0.3, -0.25) is 0 Å². The fraction of sp³-hybridized carbons (Fsp3) is 0. The summed E-state index contributed by atoms with van der Waals surface area (Å²) in [5.74, 6) is 0. The van der Waals surface area contributed by atoms with Crippen LogP contribution >= 0.6 is 0 Å². The zero-order valence-electron chi connectivity index (χ0n) is 23.6. The number of benzene rings is 3. The van der Waals surface area contributed by atoms with Crippen molar-refractivity contribution in [2.75, 3.05) is 0 Å². The van der Waals surface area contributed by atoms with Crippen molar-refractivity contribution in [3.05, 3.63) is 90.7 Å². The van der Waals surface area contributed by atoms with Crippen LogP contribution < -0.4 is 15.6 Å². The molecule has 1 radical (unpaired) electrons. The van der Waals surface area contributed by atoms with Crippen molar-refractivity contribution in [3.63, 3.8) is 0 Å². The summed E-state index contributed by atoms with van der Waals surface area (Å²) in [4.78, 5) is 0. The fourth-order valence-corrected chi connectivity index (χ4v) is 3.50. The van der Waals surface area contributed by atoms with Crippen molar-refractivity contribution in [2.24, 2.45) is 0 Å². The molecule has 0 saturated heterocycles. The molecule has 0 aliphatic heterocycles. The lowest BCUT2D eigenvalue weighted by Gasteiger charge is -2.16. The summed E-state index contributed by atoms with van der Waals surface area (Å²) >= 11 is 0. The van der Waals surface area contributed by atoms with Crippen LogP contribution in [0.4, 0.5) is 0 Å². The summed E-state index contributed by atoms with van der Waals surface area (Å²) in [5.41, 5.74) is 0. The van der Waals surface area contributed by atoms with Crippen molar-refractivity contribution < 1.29 is 19.2 Å². The summed E-state index contributed by atoms with van der Waals surface area (Å²) in [7, 11) is -3.12. The molecule has 0 heterocycles. The van der Waals surface area contributed by atoms with Crippen molar-refractivity contribution in [2.45, 2.75) is 0 Å². The monoisotopic (exact) mass is 273 g/mol. The summed E-state index contributed by atoms with van der Waals surface area (Å²) in [5, 5.41) is -0.924. The third kappa shape index (κ3) is 2.66. The van der Waals surface area contributed by atoms with Gasteiger partial charge in [-0.2, -0.15) is 0 Å². The molecular formula is C18H15Si. The zero-order valence-corrected chi connectivity index (χ0v) is 10.6. The van der Waals surface area contributed by atoms with Gasteiger partial charge in [-0.1, -0.05) is 106 Å². The van der Waals surface area contributed by atoms with E-state index in [2.05, 4.69) is 0 Å². The Morgan fingerprint density at radius 2 is 0.947 bits per heavy atom. The average molecular weight is 273 g/mol. The summed E-state index contributed by atoms with van der Waals surface area (Å²) in [6, 6.07) is -8.14. The molecule has 0 aliphatic carbocycles. The molecule has 3 rings (SSSR count). The maximum atomic E-state index is 8.38. The first kappa shape index (κ1) is 3.94. The maximum absolute atomic E-state index is 8.38. The van der Waals surface area contributed by atoms with Gasteiger partial charge >= 0.3 is 0 Å². The molecule has 0 bridgehead atoms. The molecule has 0 unspecified atom stereocenters. The standard InChI is InChI=1S/C18H15Si/c1-4-10-16(11-5-1)19(17-12-6-2-7-13-17)18-14-8-3-9-15-18/h1-15H/i1D,2D,3D,4D,5D,6D,7D,8D,9D,10D,11D,12D,13D,14D. The van der Waals surface area contributed by atoms with Gasteiger partial charge in [-0.05, 0) is 0 Å². The van der Waals surface area contributed by atoms with Crippen LogP contribution in [0.5, 0.6) is 0 Å². The van der Waals surface area contributed by atoms with Gasteiger partial charge in [0, 0.05) is 0 Å². The van der Waals surface area contributed by atoms with E-state index in [1.54, 1.807) is 0 Å². The van der Waals surface area contributed by atoms with Crippen molar-refractivity contribution in [3.8, 4) is 0 Å². The van der Waals surface area contributed by atoms with Gasteiger partial charge in [0.2, 0.25) is 0 Å². The SMILES string of the molecule is [2H]c1cc([Si](c2c([2H])c([2H])c([2H])c([2H])c2[2H])c2c([2H])c([2H])c([2H])c([2H])c2[2H])c([2H])c([2H])c1[2H]. The quantitative estimate of drug-likeness (QED) is 0.507.